The standard InChI is InChI=1S/C35H56O3.C2H6/c1-25(2)12-10-11-13-26-17-19-31-30-18-16-27-24-29(20-22-35(27,4)32(30)21-23-34(26,31)3)38-33(36)37-28-14-8-6-5-7-9-15-28;1-2/h5-6,16,25-26,28-32H,7-15,17-24H2,1-4H3;1-2H3/b6-5+;. The third kappa shape index (κ3) is 7.03. The summed E-state index contributed by atoms with van der Waals surface area (Å²) in [5, 5.41) is 0. The van der Waals surface area contributed by atoms with E-state index in [1.54, 1.807) is 5.57 Å². The molecule has 0 bridgehead atoms. The second-order valence-electron chi connectivity index (χ2n) is 14.7. The van der Waals surface area contributed by atoms with Gasteiger partial charge in [-0.25, -0.2) is 4.79 Å². The molecule has 0 saturated heterocycles. The average molecular weight is 555 g/mol. The Hall–Kier alpha value is -1.25. The maximum absolute atomic E-state index is 12.7. The van der Waals surface area contributed by atoms with Crippen molar-refractivity contribution < 1.29 is 14.3 Å². The summed E-state index contributed by atoms with van der Waals surface area (Å²) in [6, 6.07) is 0. The molecule has 0 amide bonds. The third-order valence-electron chi connectivity index (χ3n) is 12.1. The minimum Gasteiger partial charge on any atom is -0.431 e. The molecule has 0 radical (unpaired) electrons. The number of hydrogen-bond acceptors (Lipinski definition) is 3. The topological polar surface area (TPSA) is 35.5 Å². The van der Waals surface area contributed by atoms with E-state index < -0.39 is 6.16 Å². The van der Waals surface area contributed by atoms with Gasteiger partial charge in [-0.3, -0.25) is 0 Å². The fraction of sp³-hybridized carbons (Fsp3) is 0.865. The summed E-state index contributed by atoms with van der Waals surface area (Å²) in [6.07, 6.45) is 27.5. The molecule has 3 nitrogen and oxygen atoms in total. The van der Waals surface area contributed by atoms with Gasteiger partial charge in [-0.2, -0.15) is 0 Å². The highest BCUT2D eigenvalue weighted by Gasteiger charge is 2.58. The molecule has 8 unspecified atom stereocenters. The number of rotatable bonds is 7. The molecule has 3 heteroatoms. The normalized spacial score (nSPS) is 39.7. The monoisotopic (exact) mass is 554 g/mol. The van der Waals surface area contributed by atoms with Gasteiger partial charge in [0.2, 0.25) is 0 Å². The Kier molecular flexibility index (Phi) is 11.3. The maximum atomic E-state index is 12.7. The fourth-order valence-corrected chi connectivity index (χ4v) is 9.80. The van der Waals surface area contributed by atoms with Crippen LogP contribution in [0.2, 0.25) is 0 Å². The van der Waals surface area contributed by atoms with Crippen LogP contribution in [0.1, 0.15) is 151 Å². The van der Waals surface area contributed by atoms with Crippen molar-refractivity contribution in [2.24, 2.45) is 40.4 Å². The number of carbonyl (C=O) groups excluding carboxylic acids is 1. The highest BCUT2D eigenvalue weighted by Crippen LogP contribution is 2.66. The minimum atomic E-state index is -0.429. The van der Waals surface area contributed by atoms with Crippen LogP contribution in [0, 0.1) is 40.4 Å². The van der Waals surface area contributed by atoms with Gasteiger partial charge in [0, 0.05) is 6.42 Å². The maximum Gasteiger partial charge on any atom is 0.508 e. The Morgan fingerprint density at radius 2 is 1.68 bits per heavy atom. The zero-order valence-corrected chi connectivity index (χ0v) is 27.0. The Morgan fingerprint density at radius 3 is 2.48 bits per heavy atom. The summed E-state index contributed by atoms with van der Waals surface area (Å²) in [4.78, 5) is 12.7. The van der Waals surface area contributed by atoms with Crippen LogP contribution in [0.3, 0.4) is 0 Å². The van der Waals surface area contributed by atoms with Crippen LogP contribution in [0.25, 0.3) is 0 Å². The van der Waals surface area contributed by atoms with Crippen molar-refractivity contribution in [2.75, 3.05) is 0 Å². The minimum absolute atomic E-state index is 0.0117. The number of fused-ring (bicyclic) bond motifs is 5. The molecule has 0 aliphatic heterocycles. The highest BCUT2D eigenvalue weighted by atomic mass is 16.7. The lowest BCUT2D eigenvalue weighted by molar-refractivity contribution is -0.0595. The van der Waals surface area contributed by atoms with Gasteiger partial charge in [-0.15, -0.1) is 0 Å². The average Bonchev–Trinajstić information content (AvgIpc) is 3.25. The molecule has 5 aliphatic carbocycles. The van der Waals surface area contributed by atoms with E-state index in [1.807, 2.05) is 13.8 Å². The van der Waals surface area contributed by atoms with Gasteiger partial charge in [0.05, 0.1) is 0 Å². The van der Waals surface area contributed by atoms with Gasteiger partial charge in [-0.1, -0.05) is 84.6 Å². The van der Waals surface area contributed by atoms with Crippen molar-refractivity contribution in [3.8, 4) is 0 Å². The molecule has 5 aliphatic rings. The van der Waals surface area contributed by atoms with E-state index in [2.05, 4.69) is 45.9 Å². The van der Waals surface area contributed by atoms with E-state index in [-0.39, 0.29) is 12.2 Å². The van der Waals surface area contributed by atoms with E-state index in [0.717, 1.165) is 81.0 Å². The van der Waals surface area contributed by atoms with E-state index in [4.69, 9.17) is 9.47 Å². The summed E-state index contributed by atoms with van der Waals surface area (Å²) < 4.78 is 11.7. The van der Waals surface area contributed by atoms with Crippen LogP contribution in [-0.2, 0) is 9.47 Å². The first-order chi connectivity index (χ1) is 19.3. The van der Waals surface area contributed by atoms with Gasteiger partial charge in [-0.05, 0) is 124 Å². The quantitative estimate of drug-likeness (QED) is 0.178. The molecule has 0 aromatic heterocycles. The van der Waals surface area contributed by atoms with Crippen LogP contribution in [0.5, 0.6) is 0 Å². The Morgan fingerprint density at radius 1 is 0.900 bits per heavy atom. The van der Waals surface area contributed by atoms with Gasteiger partial charge in [0.25, 0.3) is 0 Å². The van der Waals surface area contributed by atoms with Gasteiger partial charge < -0.3 is 9.47 Å². The highest BCUT2D eigenvalue weighted by molar-refractivity contribution is 5.60. The van der Waals surface area contributed by atoms with Gasteiger partial charge >= 0.3 is 6.16 Å². The molecule has 3 fully saturated rings. The molecule has 228 valence electrons. The van der Waals surface area contributed by atoms with Crippen LogP contribution in [0.4, 0.5) is 4.79 Å². The van der Waals surface area contributed by atoms with Crippen LogP contribution in [-0.4, -0.2) is 18.4 Å². The van der Waals surface area contributed by atoms with Crippen molar-refractivity contribution in [3.63, 3.8) is 0 Å². The van der Waals surface area contributed by atoms with E-state index in [0.29, 0.717) is 10.8 Å². The fourth-order valence-electron chi connectivity index (χ4n) is 9.80. The third-order valence-corrected chi connectivity index (χ3v) is 12.1. The lowest BCUT2D eigenvalue weighted by Crippen LogP contribution is -2.50. The predicted molar refractivity (Wildman–Crippen MR) is 167 cm³/mol. The summed E-state index contributed by atoms with van der Waals surface area (Å²) in [5.41, 5.74) is 2.46. The van der Waals surface area contributed by atoms with Crippen LogP contribution >= 0.6 is 0 Å². The molecule has 40 heavy (non-hydrogen) atoms. The Labute approximate surface area is 247 Å². The van der Waals surface area contributed by atoms with E-state index >= 15 is 0 Å². The SMILES string of the molecule is CC.CC(C)CCCCC1CCC2C3CC=C4CC(OC(=O)OC5CC/C=C/CCC5)CCC4(C)C3CCC12C. The van der Waals surface area contributed by atoms with E-state index in [1.165, 1.54) is 57.8 Å². The van der Waals surface area contributed by atoms with Crippen molar-refractivity contribution in [1.29, 1.82) is 0 Å². The number of unbranched alkanes of at least 4 members (excludes halogenated alkanes) is 1. The molecule has 0 N–H and O–H groups in total. The second-order valence-corrected chi connectivity index (χ2v) is 14.7. The summed E-state index contributed by atoms with van der Waals surface area (Å²) in [7, 11) is 0. The van der Waals surface area contributed by atoms with Crippen molar-refractivity contribution in [3.05, 3.63) is 23.8 Å². The first-order valence-corrected chi connectivity index (χ1v) is 17.5. The smallest absolute Gasteiger partial charge is 0.431 e. The van der Waals surface area contributed by atoms with Crippen molar-refractivity contribution in [2.45, 2.75) is 163 Å². The predicted octanol–water partition coefficient (Wildman–Crippen LogP) is 11.2. The lowest BCUT2D eigenvalue weighted by Gasteiger charge is -2.58. The molecule has 3 saturated carbocycles. The van der Waals surface area contributed by atoms with Crippen LogP contribution in [0.15, 0.2) is 23.8 Å². The number of hydrogen-bond donors (Lipinski definition) is 0. The molecular formula is C37H62O3. The summed E-state index contributed by atoms with van der Waals surface area (Å²) in [6.45, 7) is 14.0. The molecule has 0 heterocycles. The number of ether oxygens (including phenoxy) is 2. The first-order valence-electron chi connectivity index (χ1n) is 17.5. The van der Waals surface area contributed by atoms with Crippen molar-refractivity contribution in [1.82, 2.24) is 0 Å². The van der Waals surface area contributed by atoms with E-state index in [9.17, 15) is 4.79 Å². The van der Waals surface area contributed by atoms with Gasteiger partial charge in [0.15, 0.2) is 0 Å². The molecule has 8 atom stereocenters. The van der Waals surface area contributed by atoms with Gasteiger partial charge in [0.1, 0.15) is 12.2 Å². The largest absolute Gasteiger partial charge is 0.508 e. The zero-order chi connectivity index (χ0) is 28.8. The summed E-state index contributed by atoms with van der Waals surface area (Å²) >= 11 is 0. The number of allylic oxidation sites excluding steroid dienone is 3. The molecular weight excluding hydrogens is 492 g/mol. The lowest BCUT2D eigenvalue weighted by atomic mass is 9.47. The molecule has 5 rings (SSSR count). The molecule has 0 spiro atoms. The molecule has 0 aromatic carbocycles. The number of carbonyl (C=O) groups is 1. The Bertz CT molecular complexity index is 873. The second kappa shape index (κ2) is 14.3. The first kappa shape index (κ1) is 31.7. The summed E-state index contributed by atoms with van der Waals surface area (Å²) in [5.74, 6) is 4.38. The molecule has 0 aromatic rings. The van der Waals surface area contributed by atoms with Crippen LogP contribution < -0.4 is 0 Å². The van der Waals surface area contributed by atoms with Crippen molar-refractivity contribution >= 4 is 6.16 Å². The zero-order valence-electron chi connectivity index (χ0n) is 27.0. The Balaban J connectivity index is 0.00000181.